The summed E-state index contributed by atoms with van der Waals surface area (Å²) in [4.78, 5) is 0. The second-order valence-electron chi connectivity index (χ2n) is 6.15. The topological polar surface area (TPSA) is 62.5 Å². The first-order chi connectivity index (χ1) is 12.2. The van der Waals surface area contributed by atoms with E-state index in [0.29, 0.717) is 17.1 Å². The standard InChI is InChI=1S/C21H21NO3/c1-24-20-11-6-15(13-21(20)25-19-4-2-3-5-19)12-17(14-22)16-7-9-18(23)10-8-16/h6-13,19,23H,2-5H2,1H3/b17-12+. The van der Waals surface area contributed by atoms with Crippen molar-refractivity contribution in [3.8, 4) is 23.3 Å². The highest BCUT2D eigenvalue weighted by Gasteiger charge is 2.18. The van der Waals surface area contributed by atoms with Crippen LogP contribution in [0.4, 0.5) is 0 Å². The number of rotatable bonds is 5. The van der Waals surface area contributed by atoms with E-state index in [1.165, 1.54) is 12.8 Å². The zero-order chi connectivity index (χ0) is 17.6. The zero-order valence-corrected chi connectivity index (χ0v) is 14.2. The molecule has 1 fully saturated rings. The summed E-state index contributed by atoms with van der Waals surface area (Å²) in [5.41, 5.74) is 2.16. The van der Waals surface area contributed by atoms with Crippen LogP contribution in [0, 0.1) is 11.3 Å². The highest BCUT2D eigenvalue weighted by atomic mass is 16.5. The van der Waals surface area contributed by atoms with Gasteiger partial charge in [-0.05, 0) is 79.3 Å². The van der Waals surface area contributed by atoms with Crippen LogP contribution in [0.25, 0.3) is 11.6 Å². The molecule has 0 amide bonds. The third-order valence-electron chi connectivity index (χ3n) is 4.39. The highest BCUT2D eigenvalue weighted by Crippen LogP contribution is 2.33. The number of aromatic hydroxyl groups is 1. The minimum atomic E-state index is 0.178. The maximum atomic E-state index is 9.47. The molecule has 0 aliphatic heterocycles. The molecule has 2 aromatic rings. The fraction of sp³-hybridized carbons (Fsp3) is 0.286. The second-order valence-corrected chi connectivity index (χ2v) is 6.15. The summed E-state index contributed by atoms with van der Waals surface area (Å²) in [6.45, 7) is 0. The molecule has 4 heteroatoms. The van der Waals surface area contributed by atoms with Crippen molar-refractivity contribution in [2.24, 2.45) is 0 Å². The monoisotopic (exact) mass is 335 g/mol. The van der Waals surface area contributed by atoms with E-state index in [4.69, 9.17) is 9.47 Å². The molecule has 0 radical (unpaired) electrons. The van der Waals surface area contributed by atoms with Gasteiger partial charge in [0, 0.05) is 0 Å². The summed E-state index contributed by atoms with van der Waals surface area (Å²) in [5, 5.41) is 18.9. The first-order valence-corrected chi connectivity index (χ1v) is 8.45. The molecule has 2 aromatic carbocycles. The Labute approximate surface area is 147 Å². The summed E-state index contributed by atoms with van der Waals surface area (Å²) < 4.78 is 11.5. The molecule has 0 atom stereocenters. The SMILES string of the molecule is COc1ccc(/C=C(\C#N)c2ccc(O)cc2)cc1OC1CCCC1. The van der Waals surface area contributed by atoms with Crippen molar-refractivity contribution in [1.29, 1.82) is 5.26 Å². The van der Waals surface area contributed by atoms with Gasteiger partial charge < -0.3 is 14.6 Å². The molecular formula is C21H21NO3. The van der Waals surface area contributed by atoms with Crippen LogP contribution in [-0.4, -0.2) is 18.3 Å². The van der Waals surface area contributed by atoms with E-state index in [0.717, 1.165) is 24.0 Å². The Hall–Kier alpha value is -2.93. The summed E-state index contributed by atoms with van der Waals surface area (Å²) in [6, 6.07) is 14.5. The normalized spacial score (nSPS) is 15.0. The quantitative estimate of drug-likeness (QED) is 0.630. The van der Waals surface area contributed by atoms with Crippen molar-refractivity contribution in [3.05, 3.63) is 53.6 Å². The van der Waals surface area contributed by atoms with Crippen molar-refractivity contribution in [2.45, 2.75) is 31.8 Å². The lowest BCUT2D eigenvalue weighted by molar-refractivity contribution is 0.201. The first-order valence-electron chi connectivity index (χ1n) is 8.45. The maximum absolute atomic E-state index is 9.47. The minimum Gasteiger partial charge on any atom is -0.508 e. The first kappa shape index (κ1) is 16.9. The van der Waals surface area contributed by atoms with Crippen LogP contribution in [0.5, 0.6) is 17.2 Å². The fourth-order valence-electron chi connectivity index (χ4n) is 3.05. The third-order valence-corrected chi connectivity index (χ3v) is 4.39. The molecule has 1 aliphatic rings. The number of ether oxygens (including phenoxy) is 2. The number of methoxy groups -OCH3 is 1. The van der Waals surface area contributed by atoms with Crippen LogP contribution in [-0.2, 0) is 0 Å². The predicted molar refractivity (Wildman–Crippen MR) is 97.5 cm³/mol. The van der Waals surface area contributed by atoms with E-state index >= 15 is 0 Å². The number of phenols is 1. The van der Waals surface area contributed by atoms with Crippen LogP contribution < -0.4 is 9.47 Å². The molecule has 0 spiro atoms. The predicted octanol–water partition coefficient (Wildman–Crippen LogP) is 4.79. The van der Waals surface area contributed by atoms with Gasteiger partial charge >= 0.3 is 0 Å². The molecule has 0 aromatic heterocycles. The molecule has 3 rings (SSSR count). The van der Waals surface area contributed by atoms with Gasteiger partial charge in [-0.1, -0.05) is 6.07 Å². The van der Waals surface area contributed by atoms with Gasteiger partial charge in [-0.3, -0.25) is 0 Å². The van der Waals surface area contributed by atoms with Gasteiger partial charge in [0.2, 0.25) is 0 Å². The summed E-state index contributed by atoms with van der Waals surface area (Å²) in [5.74, 6) is 1.59. The summed E-state index contributed by atoms with van der Waals surface area (Å²) in [7, 11) is 1.63. The van der Waals surface area contributed by atoms with Crippen LogP contribution in [0.15, 0.2) is 42.5 Å². The molecule has 25 heavy (non-hydrogen) atoms. The molecule has 0 heterocycles. The van der Waals surface area contributed by atoms with E-state index in [2.05, 4.69) is 6.07 Å². The third kappa shape index (κ3) is 4.13. The average molecular weight is 335 g/mol. The number of nitrogens with zero attached hydrogens (tertiary/aromatic N) is 1. The number of nitriles is 1. The van der Waals surface area contributed by atoms with Crippen molar-refractivity contribution < 1.29 is 14.6 Å². The van der Waals surface area contributed by atoms with Gasteiger partial charge in [0.15, 0.2) is 11.5 Å². The Kier molecular flexibility index (Phi) is 5.25. The Bertz CT molecular complexity index is 797. The largest absolute Gasteiger partial charge is 0.508 e. The molecule has 0 bridgehead atoms. The van der Waals surface area contributed by atoms with Crippen LogP contribution in [0.2, 0.25) is 0 Å². The van der Waals surface area contributed by atoms with Gasteiger partial charge in [0.25, 0.3) is 0 Å². The van der Waals surface area contributed by atoms with Crippen molar-refractivity contribution >= 4 is 11.6 Å². The average Bonchev–Trinajstić information content (AvgIpc) is 3.14. The van der Waals surface area contributed by atoms with Gasteiger partial charge in [0.05, 0.1) is 24.9 Å². The Morgan fingerprint density at radius 3 is 2.48 bits per heavy atom. The number of benzene rings is 2. The zero-order valence-electron chi connectivity index (χ0n) is 14.2. The number of hydrogen-bond acceptors (Lipinski definition) is 4. The Morgan fingerprint density at radius 2 is 1.84 bits per heavy atom. The molecule has 128 valence electrons. The van der Waals surface area contributed by atoms with E-state index < -0.39 is 0 Å². The smallest absolute Gasteiger partial charge is 0.162 e. The van der Waals surface area contributed by atoms with Crippen LogP contribution in [0.1, 0.15) is 36.8 Å². The Morgan fingerprint density at radius 1 is 1.12 bits per heavy atom. The number of allylic oxidation sites excluding steroid dienone is 1. The molecule has 1 N–H and O–H groups in total. The molecule has 0 unspecified atom stereocenters. The van der Waals surface area contributed by atoms with Crippen molar-refractivity contribution in [3.63, 3.8) is 0 Å². The van der Waals surface area contributed by atoms with E-state index in [1.54, 1.807) is 31.4 Å². The number of phenolic OH excluding ortho intramolecular Hbond substituents is 1. The van der Waals surface area contributed by atoms with E-state index in [-0.39, 0.29) is 11.9 Å². The summed E-state index contributed by atoms with van der Waals surface area (Å²) >= 11 is 0. The van der Waals surface area contributed by atoms with E-state index in [1.807, 2.05) is 24.3 Å². The molecule has 0 saturated heterocycles. The van der Waals surface area contributed by atoms with Crippen LogP contribution >= 0.6 is 0 Å². The highest BCUT2D eigenvalue weighted by molar-refractivity contribution is 5.89. The lowest BCUT2D eigenvalue weighted by Crippen LogP contribution is -2.11. The van der Waals surface area contributed by atoms with Crippen LogP contribution in [0.3, 0.4) is 0 Å². The van der Waals surface area contributed by atoms with Gasteiger partial charge in [0.1, 0.15) is 5.75 Å². The maximum Gasteiger partial charge on any atom is 0.162 e. The molecular weight excluding hydrogens is 314 g/mol. The van der Waals surface area contributed by atoms with Crippen molar-refractivity contribution in [2.75, 3.05) is 7.11 Å². The van der Waals surface area contributed by atoms with Gasteiger partial charge in [-0.25, -0.2) is 0 Å². The van der Waals surface area contributed by atoms with Gasteiger partial charge in [-0.2, -0.15) is 5.26 Å². The lowest BCUT2D eigenvalue weighted by Gasteiger charge is -2.16. The molecule has 1 aliphatic carbocycles. The van der Waals surface area contributed by atoms with Gasteiger partial charge in [-0.15, -0.1) is 0 Å². The molecule has 1 saturated carbocycles. The second kappa shape index (κ2) is 7.76. The lowest BCUT2D eigenvalue weighted by atomic mass is 10.0. The fourth-order valence-corrected chi connectivity index (χ4v) is 3.05. The minimum absolute atomic E-state index is 0.178. The van der Waals surface area contributed by atoms with Crippen molar-refractivity contribution in [1.82, 2.24) is 0 Å². The Balaban J connectivity index is 1.90. The van der Waals surface area contributed by atoms with E-state index in [9.17, 15) is 10.4 Å². The summed E-state index contributed by atoms with van der Waals surface area (Å²) in [6.07, 6.45) is 6.59. The molecule has 4 nitrogen and oxygen atoms in total. The number of hydrogen-bond donors (Lipinski definition) is 1.